The van der Waals surface area contributed by atoms with Gasteiger partial charge in [-0.2, -0.15) is 0 Å². The highest BCUT2D eigenvalue weighted by Gasteiger charge is 2.16. The van der Waals surface area contributed by atoms with Crippen molar-refractivity contribution in [1.82, 2.24) is 29.9 Å². The van der Waals surface area contributed by atoms with E-state index in [0.29, 0.717) is 16.6 Å². The van der Waals surface area contributed by atoms with E-state index in [9.17, 15) is 9.59 Å². The maximum absolute atomic E-state index is 11.8. The van der Waals surface area contributed by atoms with E-state index in [1.807, 2.05) is 32.3 Å². The molecule has 0 atom stereocenters. The minimum absolute atomic E-state index is 0.224. The lowest BCUT2D eigenvalue weighted by Gasteiger charge is -2.11. The molecule has 4 rings (SSSR count). The Morgan fingerprint density at radius 2 is 1.86 bits per heavy atom. The molecule has 8 nitrogen and oxygen atoms in total. The minimum atomic E-state index is -0.760. The first-order valence-corrected chi connectivity index (χ1v) is 9.19. The normalized spacial score (nSPS) is 11.8. The zero-order valence-electron chi connectivity index (χ0n) is 15.1. The standard InChI is InChI=1S/C18H16Cl2N6O2/c1-25(2)7-9-3-4-14-12(5-9)23-24-26(14)8-10-15(20)11(19)6-13-16(10)22-18(28)17(27)21-13/h3-6H,7-8H2,1-2H3,(H,21,27)(H,22,28). The predicted molar refractivity (Wildman–Crippen MR) is 109 cm³/mol. The Morgan fingerprint density at radius 3 is 2.61 bits per heavy atom. The van der Waals surface area contributed by atoms with Crippen molar-refractivity contribution in [3.63, 3.8) is 0 Å². The Balaban J connectivity index is 1.84. The first kappa shape index (κ1) is 18.7. The molecule has 0 bridgehead atoms. The Hall–Kier alpha value is -2.68. The van der Waals surface area contributed by atoms with Crippen LogP contribution in [0.15, 0.2) is 33.9 Å². The number of H-pyrrole nitrogens is 2. The molecule has 2 heterocycles. The predicted octanol–water partition coefficient (Wildman–Crippen LogP) is 2.38. The van der Waals surface area contributed by atoms with E-state index in [0.717, 1.165) is 23.1 Å². The van der Waals surface area contributed by atoms with E-state index >= 15 is 0 Å². The molecule has 144 valence electrons. The molecule has 0 fully saturated rings. The number of nitrogens with one attached hydrogen (secondary N) is 2. The van der Waals surface area contributed by atoms with Crippen LogP contribution in [-0.2, 0) is 13.1 Å². The smallest absolute Gasteiger partial charge is 0.314 e. The van der Waals surface area contributed by atoms with Crippen LogP contribution in [0.3, 0.4) is 0 Å². The first-order chi connectivity index (χ1) is 13.3. The highest BCUT2D eigenvalue weighted by Crippen LogP contribution is 2.31. The minimum Gasteiger partial charge on any atom is -0.316 e. The molecule has 4 aromatic rings. The molecule has 0 radical (unpaired) electrons. The van der Waals surface area contributed by atoms with Crippen LogP contribution in [-0.4, -0.2) is 44.0 Å². The Morgan fingerprint density at radius 1 is 1.11 bits per heavy atom. The van der Waals surface area contributed by atoms with Crippen molar-refractivity contribution in [2.24, 2.45) is 0 Å². The van der Waals surface area contributed by atoms with Crippen LogP contribution in [0.4, 0.5) is 0 Å². The lowest BCUT2D eigenvalue weighted by Crippen LogP contribution is -2.29. The summed E-state index contributed by atoms with van der Waals surface area (Å²) < 4.78 is 1.68. The molecule has 0 amide bonds. The highest BCUT2D eigenvalue weighted by atomic mass is 35.5. The number of hydrogen-bond acceptors (Lipinski definition) is 5. The van der Waals surface area contributed by atoms with E-state index in [1.54, 1.807) is 4.68 Å². The summed E-state index contributed by atoms with van der Waals surface area (Å²) in [6.45, 7) is 1.02. The van der Waals surface area contributed by atoms with Gasteiger partial charge in [-0.3, -0.25) is 9.59 Å². The second kappa shape index (κ2) is 7.05. The summed E-state index contributed by atoms with van der Waals surface area (Å²) in [4.78, 5) is 30.6. The molecular weight excluding hydrogens is 403 g/mol. The Kier molecular flexibility index (Phi) is 4.70. The number of fused-ring (bicyclic) bond motifs is 2. The van der Waals surface area contributed by atoms with Gasteiger partial charge in [0.05, 0.1) is 33.1 Å². The van der Waals surface area contributed by atoms with Crippen molar-refractivity contribution in [2.75, 3.05) is 14.1 Å². The van der Waals surface area contributed by atoms with Gasteiger partial charge in [-0.1, -0.05) is 34.5 Å². The number of benzene rings is 2. The van der Waals surface area contributed by atoms with Crippen LogP contribution in [0.25, 0.3) is 22.1 Å². The lowest BCUT2D eigenvalue weighted by atomic mass is 10.1. The molecule has 2 aromatic carbocycles. The molecular formula is C18H16Cl2N6O2. The highest BCUT2D eigenvalue weighted by molar-refractivity contribution is 6.43. The van der Waals surface area contributed by atoms with Crippen LogP contribution in [0, 0.1) is 0 Å². The Bertz CT molecular complexity index is 1320. The number of aromatic nitrogens is 5. The topological polar surface area (TPSA) is 99.7 Å². The third-order valence-corrected chi connectivity index (χ3v) is 5.22. The molecule has 28 heavy (non-hydrogen) atoms. The van der Waals surface area contributed by atoms with Crippen molar-refractivity contribution in [3.8, 4) is 0 Å². The molecule has 0 aliphatic carbocycles. The van der Waals surface area contributed by atoms with Gasteiger partial charge in [0.25, 0.3) is 0 Å². The average molecular weight is 419 g/mol. The van der Waals surface area contributed by atoms with E-state index in [2.05, 4.69) is 25.2 Å². The van der Waals surface area contributed by atoms with Gasteiger partial charge in [0, 0.05) is 12.1 Å². The summed E-state index contributed by atoms with van der Waals surface area (Å²) in [5.74, 6) is 0. The third kappa shape index (κ3) is 3.30. The fourth-order valence-electron chi connectivity index (χ4n) is 3.17. The Labute approximate surface area is 168 Å². The molecule has 10 heteroatoms. The summed E-state index contributed by atoms with van der Waals surface area (Å²) in [6, 6.07) is 7.45. The fraction of sp³-hybridized carbons (Fsp3) is 0.222. The van der Waals surface area contributed by atoms with E-state index in [4.69, 9.17) is 23.2 Å². The fourth-order valence-corrected chi connectivity index (χ4v) is 3.60. The zero-order valence-corrected chi connectivity index (χ0v) is 16.6. The largest absolute Gasteiger partial charge is 0.316 e. The molecule has 0 saturated carbocycles. The van der Waals surface area contributed by atoms with Crippen molar-refractivity contribution in [2.45, 2.75) is 13.1 Å². The number of rotatable bonds is 4. The number of hydrogen-bond donors (Lipinski definition) is 2. The van der Waals surface area contributed by atoms with Gasteiger partial charge < -0.3 is 14.9 Å². The van der Waals surface area contributed by atoms with Gasteiger partial charge in [-0.25, -0.2) is 4.68 Å². The average Bonchev–Trinajstić information content (AvgIpc) is 3.02. The zero-order chi connectivity index (χ0) is 20.0. The second-order valence-electron chi connectivity index (χ2n) is 6.79. The van der Waals surface area contributed by atoms with Gasteiger partial charge in [-0.15, -0.1) is 5.10 Å². The van der Waals surface area contributed by atoms with Crippen molar-refractivity contribution < 1.29 is 0 Å². The van der Waals surface area contributed by atoms with Crippen LogP contribution < -0.4 is 11.1 Å². The van der Waals surface area contributed by atoms with Gasteiger partial charge in [0.2, 0.25) is 0 Å². The first-order valence-electron chi connectivity index (χ1n) is 8.43. The molecule has 0 unspecified atom stereocenters. The summed E-state index contributed by atoms with van der Waals surface area (Å²) >= 11 is 12.6. The van der Waals surface area contributed by atoms with Gasteiger partial charge >= 0.3 is 11.1 Å². The SMILES string of the molecule is CN(C)Cc1ccc2c(c1)nnn2Cc1c(Cl)c(Cl)cc2[nH]c(=O)c(=O)[nH]c12. The van der Waals surface area contributed by atoms with E-state index < -0.39 is 11.1 Å². The summed E-state index contributed by atoms with van der Waals surface area (Å²) in [6.07, 6.45) is 0. The maximum Gasteiger partial charge on any atom is 0.314 e. The molecule has 0 saturated heterocycles. The van der Waals surface area contributed by atoms with Crippen molar-refractivity contribution in [3.05, 3.63) is 66.1 Å². The number of nitrogens with zero attached hydrogens (tertiary/aromatic N) is 4. The van der Waals surface area contributed by atoms with Crippen LogP contribution in [0.5, 0.6) is 0 Å². The third-order valence-electron chi connectivity index (χ3n) is 4.39. The maximum atomic E-state index is 11.8. The summed E-state index contributed by atoms with van der Waals surface area (Å²) in [5.41, 5.74) is 2.53. The van der Waals surface area contributed by atoms with Crippen LogP contribution >= 0.6 is 23.2 Å². The molecule has 2 N–H and O–H groups in total. The molecule has 0 aliphatic rings. The van der Waals surface area contributed by atoms with Gasteiger partial charge in [-0.05, 0) is 37.9 Å². The van der Waals surface area contributed by atoms with Gasteiger partial charge in [0.15, 0.2) is 0 Å². The number of halogens is 2. The summed E-state index contributed by atoms with van der Waals surface area (Å²) in [5, 5.41) is 9.00. The quantitative estimate of drug-likeness (QED) is 0.495. The van der Waals surface area contributed by atoms with Crippen molar-refractivity contribution >= 4 is 45.3 Å². The van der Waals surface area contributed by atoms with Crippen molar-refractivity contribution in [1.29, 1.82) is 0 Å². The van der Waals surface area contributed by atoms with E-state index in [1.165, 1.54) is 6.07 Å². The number of aromatic amines is 2. The van der Waals surface area contributed by atoms with Crippen LogP contribution in [0.1, 0.15) is 11.1 Å². The van der Waals surface area contributed by atoms with Gasteiger partial charge in [0.1, 0.15) is 5.52 Å². The van der Waals surface area contributed by atoms with Crippen LogP contribution in [0.2, 0.25) is 10.0 Å². The molecule has 2 aromatic heterocycles. The molecule has 0 spiro atoms. The molecule has 0 aliphatic heterocycles. The second-order valence-corrected chi connectivity index (χ2v) is 7.57. The lowest BCUT2D eigenvalue weighted by molar-refractivity contribution is 0.402. The van der Waals surface area contributed by atoms with E-state index in [-0.39, 0.29) is 16.6 Å². The summed E-state index contributed by atoms with van der Waals surface area (Å²) in [7, 11) is 4.00. The monoisotopic (exact) mass is 418 g/mol.